The van der Waals surface area contributed by atoms with Crippen LogP contribution in [0.3, 0.4) is 0 Å². The molecule has 1 fully saturated rings. The van der Waals surface area contributed by atoms with Gasteiger partial charge in [-0.3, -0.25) is 9.78 Å². The van der Waals surface area contributed by atoms with Crippen LogP contribution in [0.2, 0.25) is 5.02 Å². The molecule has 1 amide bonds. The molecule has 92 valence electrons. The SMILES string of the molecule is CO[C@H]1CNC[C@@H]1NC(=O)c1ccncc1Cl. The maximum Gasteiger partial charge on any atom is 0.253 e. The molecule has 0 aliphatic carbocycles. The fourth-order valence-electron chi connectivity index (χ4n) is 1.85. The molecule has 5 nitrogen and oxygen atoms in total. The Morgan fingerprint density at radius 2 is 2.47 bits per heavy atom. The van der Waals surface area contributed by atoms with Crippen molar-refractivity contribution in [2.45, 2.75) is 12.1 Å². The molecule has 1 aromatic rings. The second-order valence-corrected chi connectivity index (χ2v) is 4.28. The van der Waals surface area contributed by atoms with E-state index in [4.69, 9.17) is 16.3 Å². The number of amides is 1. The van der Waals surface area contributed by atoms with Gasteiger partial charge in [-0.2, -0.15) is 0 Å². The van der Waals surface area contributed by atoms with E-state index in [2.05, 4.69) is 15.6 Å². The summed E-state index contributed by atoms with van der Waals surface area (Å²) in [5.41, 5.74) is 0.434. The predicted molar refractivity (Wildman–Crippen MR) is 64.2 cm³/mol. The minimum atomic E-state index is -0.201. The first kappa shape index (κ1) is 12.3. The number of nitrogens with zero attached hydrogens (tertiary/aromatic N) is 1. The van der Waals surface area contributed by atoms with Crippen LogP contribution in [0.15, 0.2) is 18.5 Å². The zero-order valence-corrected chi connectivity index (χ0v) is 10.2. The molecule has 2 rings (SSSR count). The number of hydrogen-bond acceptors (Lipinski definition) is 4. The van der Waals surface area contributed by atoms with Crippen LogP contribution in [-0.2, 0) is 4.74 Å². The first-order valence-electron chi connectivity index (χ1n) is 5.36. The van der Waals surface area contributed by atoms with Crippen molar-refractivity contribution in [3.63, 3.8) is 0 Å². The van der Waals surface area contributed by atoms with Crippen molar-refractivity contribution < 1.29 is 9.53 Å². The molecule has 0 spiro atoms. The summed E-state index contributed by atoms with van der Waals surface area (Å²) < 4.78 is 5.27. The monoisotopic (exact) mass is 255 g/mol. The van der Waals surface area contributed by atoms with Crippen LogP contribution in [0.25, 0.3) is 0 Å². The molecule has 0 radical (unpaired) electrons. The summed E-state index contributed by atoms with van der Waals surface area (Å²) >= 11 is 5.90. The molecule has 1 aliphatic heterocycles. The first-order chi connectivity index (χ1) is 8.22. The summed E-state index contributed by atoms with van der Waals surface area (Å²) in [7, 11) is 1.64. The van der Waals surface area contributed by atoms with Crippen molar-refractivity contribution in [2.75, 3.05) is 20.2 Å². The number of ether oxygens (including phenoxy) is 1. The Kier molecular flexibility index (Phi) is 3.93. The fourth-order valence-corrected chi connectivity index (χ4v) is 2.06. The Labute approximate surface area is 105 Å². The number of carbonyl (C=O) groups excluding carboxylic acids is 1. The maximum atomic E-state index is 12.0. The van der Waals surface area contributed by atoms with E-state index in [1.54, 1.807) is 19.4 Å². The Morgan fingerprint density at radius 3 is 3.18 bits per heavy atom. The van der Waals surface area contributed by atoms with Crippen molar-refractivity contribution in [1.82, 2.24) is 15.6 Å². The highest BCUT2D eigenvalue weighted by Gasteiger charge is 2.28. The molecule has 6 heteroatoms. The van der Waals surface area contributed by atoms with Gasteiger partial charge in [0.25, 0.3) is 5.91 Å². The lowest BCUT2D eigenvalue weighted by Crippen LogP contribution is -2.43. The first-order valence-corrected chi connectivity index (χ1v) is 5.74. The predicted octanol–water partition coefficient (Wildman–Crippen LogP) is 0.452. The zero-order chi connectivity index (χ0) is 12.3. The largest absolute Gasteiger partial charge is 0.378 e. The second-order valence-electron chi connectivity index (χ2n) is 3.87. The van der Waals surface area contributed by atoms with Crippen LogP contribution in [0.4, 0.5) is 0 Å². The van der Waals surface area contributed by atoms with Crippen LogP contribution in [0, 0.1) is 0 Å². The summed E-state index contributed by atoms with van der Waals surface area (Å²) in [5.74, 6) is -0.201. The van der Waals surface area contributed by atoms with Crippen LogP contribution < -0.4 is 10.6 Å². The van der Waals surface area contributed by atoms with Crippen LogP contribution >= 0.6 is 11.6 Å². The highest BCUT2D eigenvalue weighted by molar-refractivity contribution is 6.33. The molecule has 2 heterocycles. The van der Waals surface area contributed by atoms with Gasteiger partial charge in [-0.1, -0.05) is 11.6 Å². The third-order valence-corrected chi connectivity index (χ3v) is 3.10. The number of nitrogens with one attached hydrogen (secondary N) is 2. The number of halogens is 1. The third-order valence-electron chi connectivity index (χ3n) is 2.79. The quantitative estimate of drug-likeness (QED) is 0.823. The molecule has 0 saturated carbocycles. The van der Waals surface area contributed by atoms with Crippen molar-refractivity contribution in [3.05, 3.63) is 29.0 Å². The Balaban J connectivity index is 2.04. The van der Waals surface area contributed by atoms with E-state index in [9.17, 15) is 4.79 Å². The Morgan fingerprint density at radius 1 is 1.65 bits per heavy atom. The molecule has 0 aromatic carbocycles. The average Bonchev–Trinajstić information content (AvgIpc) is 2.76. The van der Waals surface area contributed by atoms with Gasteiger partial charge in [-0.25, -0.2) is 0 Å². The highest BCUT2D eigenvalue weighted by atomic mass is 35.5. The van der Waals surface area contributed by atoms with Gasteiger partial charge in [0, 0.05) is 32.6 Å². The number of hydrogen-bond donors (Lipinski definition) is 2. The molecule has 0 unspecified atom stereocenters. The van der Waals surface area contributed by atoms with Gasteiger partial charge >= 0.3 is 0 Å². The van der Waals surface area contributed by atoms with Crippen LogP contribution in [0.5, 0.6) is 0 Å². The summed E-state index contributed by atoms with van der Waals surface area (Å²) in [6, 6.07) is 1.57. The lowest BCUT2D eigenvalue weighted by atomic mass is 10.2. The van der Waals surface area contributed by atoms with E-state index < -0.39 is 0 Å². The molecule has 1 aliphatic rings. The second kappa shape index (κ2) is 5.44. The lowest BCUT2D eigenvalue weighted by Gasteiger charge is -2.18. The van der Waals surface area contributed by atoms with E-state index in [-0.39, 0.29) is 18.1 Å². The topological polar surface area (TPSA) is 63.2 Å². The number of pyridine rings is 1. The van der Waals surface area contributed by atoms with Crippen molar-refractivity contribution in [1.29, 1.82) is 0 Å². The van der Waals surface area contributed by atoms with E-state index in [0.717, 1.165) is 6.54 Å². The molecular weight excluding hydrogens is 242 g/mol. The average molecular weight is 256 g/mol. The molecule has 17 heavy (non-hydrogen) atoms. The van der Waals surface area contributed by atoms with Crippen molar-refractivity contribution in [3.8, 4) is 0 Å². The summed E-state index contributed by atoms with van der Waals surface area (Å²) in [4.78, 5) is 15.8. The maximum absolute atomic E-state index is 12.0. The number of carbonyl (C=O) groups is 1. The standard InChI is InChI=1S/C11H14ClN3O2/c1-17-10-6-14-5-9(10)15-11(16)7-2-3-13-4-8(7)12/h2-4,9-10,14H,5-6H2,1H3,(H,15,16)/t9-,10-/m0/s1. The molecule has 1 aromatic heterocycles. The van der Waals surface area contributed by atoms with E-state index in [1.807, 2.05) is 0 Å². The molecule has 1 saturated heterocycles. The van der Waals surface area contributed by atoms with Crippen molar-refractivity contribution >= 4 is 17.5 Å². The van der Waals surface area contributed by atoms with Gasteiger partial charge in [-0.15, -0.1) is 0 Å². The van der Waals surface area contributed by atoms with Crippen molar-refractivity contribution in [2.24, 2.45) is 0 Å². The fraction of sp³-hybridized carbons (Fsp3) is 0.455. The summed E-state index contributed by atoms with van der Waals surface area (Å²) in [6.45, 7) is 1.44. The van der Waals surface area contributed by atoms with E-state index in [0.29, 0.717) is 17.1 Å². The van der Waals surface area contributed by atoms with Gasteiger partial charge in [0.05, 0.1) is 22.7 Å². The molecule has 2 atom stereocenters. The highest BCUT2D eigenvalue weighted by Crippen LogP contribution is 2.14. The summed E-state index contributed by atoms with van der Waals surface area (Å²) in [6.07, 6.45) is 3.00. The smallest absolute Gasteiger partial charge is 0.253 e. The minimum Gasteiger partial charge on any atom is -0.378 e. The lowest BCUT2D eigenvalue weighted by molar-refractivity contribution is 0.0780. The Bertz CT molecular complexity index is 413. The van der Waals surface area contributed by atoms with Gasteiger partial charge in [0.1, 0.15) is 0 Å². The molecular formula is C11H14ClN3O2. The van der Waals surface area contributed by atoms with Gasteiger partial charge < -0.3 is 15.4 Å². The molecule has 2 N–H and O–H groups in total. The summed E-state index contributed by atoms with van der Waals surface area (Å²) in [5, 5.41) is 6.41. The Hall–Kier alpha value is -1.17. The zero-order valence-electron chi connectivity index (χ0n) is 9.44. The van der Waals surface area contributed by atoms with Gasteiger partial charge in [0.2, 0.25) is 0 Å². The van der Waals surface area contributed by atoms with Crippen LogP contribution in [-0.4, -0.2) is 43.2 Å². The van der Waals surface area contributed by atoms with E-state index in [1.165, 1.54) is 6.20 Å². The van der Waals surface area contributed by atoms with Crippen LogP contribution in [0.1, 0.15) is 10.4 Å². The van der Waals surface area contributed by atoms with Gasteiger partial charge in [-0.05, 0) is 6.07 Å². The van der Waals surface area contributed by atoms with Gasteiger partial charge in [0.15, 0.2) is 0 Å². The normalized spacial score (nSPS) is 23.6. The van der Waals surface area contributed by atoms with E-state index >= 15 is 0 Å². The number of methoxy groups -OCH3 is 1. The number of aromatic nitrogens is 1. The number of rotatable bonds is 3. The molecule has 0 bridgehead atoms. The minimum absolute atomic E-state index is 0.000405. The third kappa shape index (κ3) is 2.74.